The Morgan fingerprint density at radius 3 is 3.14 bits per heavy atom. The second kappa shape index (κ2) is 5.00. The van der Waals surface area contributed by atoms with E-state index in [1.54, 1.807) is 11.3 Å². The van der Waals surface area contributed by atoms with E-state index in [4.69, 9.17) is 16.6 Å². The van der Waals surface area contributed by atoms with Gasteiger partial charge < -0.3 is 9.88 Å². The molecule has 0 saturated carbocycles. The lowest BCUT2D eigenvalue weighted by Crippen LogP contribution is -2.23. The number of anilines is 1. The molecular weight excluding hydrogens is 304 g/mol. The summed E-state index contributed by atoms with van der Waals surface area (Å²) in [5.74, 6) is 1.01. The normalized spacial score (nSPS) is 18.8. The van der Waals surface area contributed by atoms with Gasteiger partial charge in [0.05, 0.1) is 17.1 Å². The number of aromatic nitrogens is 3. The predicted octanol–water partition coefficient (Wildman–Crippen LogP) is 4.32. The first kappa shape index (κ1) is 13.1. The van der Waals surface area contributed by atoms with Gasteiger partial charge in [-0.2, -0.15) is 0 Å². The average Bonchev–Trinajstić information content (AvgIpc) is 3.14. The largest absolute Gasteiger partial charge is 0.340 e. The van der Waals surface area contributed by atoms with Crippen molar-refractivity contribution in [2.45, 2.75) is 25.8 Å². The lowest BCUT2D eigenvalue weighted by molar-refractivity contribution is 0.677. The van der Waals surface area contributed by atoms with Gasteiger partial charge in [-0.25, -0.2) is 9.97 Å². The highest BCUT2D eigenvalue weighted by molar-refractivity contribution is 7.15. The van der Waals surface area contributed by atoms with Crippen molar-refractivity contribution >= 4 is 39.1 Å². The van der Waals surface area contributed by atoms with Crippen LogP contribution in [0, 0.1) is 6.92 Å². The van der Waals surface area contributed by atoms with Crippen molar-refractivity contribution in [3.8, 4) is 0 Å². The Hall–Kier alpha value is -1.59. The number of hydrogen-bond acceptors (Lipinski definition) is 4. The fourth-order valence-corrected chi connectivity index (χ4v) is 3.92. The maximum atomic E-state index is 6.05. The number of fused-ring (bicyclic) bond motifs is 1. The minimum Gasteiger partial charge on any atom is -0.340 e. The molecule has 0 aliphatic carbocycles. The van der Waals surface area contributed by atoms with E-state index in [9.17, 15) is 0 Å². The van der Waals surface area contributed by atoms with Crippen LogP contribution >= 0.6 is 22.9 Å². The number of hydrogen-bond donors (Lipinski definition) is 1. The van der Waals surface area contributed by atoms with Crippen molar-refractivity contribution in [1.29, 1.82) is 0 Å². The molecule has 1 saturated heterocycles. The topological polar surface area (TPSA) is 44.8 Å². The van der Waals surface area contributed by atoms with Crippen molar-refractivity contribution in [3.63, 3.8) is 0 Å². The monoisotopic (exact) mass is 318 g/mol. The Bertz CT molecular complexity index is 794. The number of thiazole rings is 1. The van der Waals surface area contributed by atoms with Gasteiger partial charge in [-0.05, 0) is 38.0 Å². The summed E-state index contributed by atoms with van der Waals surface area (Å²) in [5.41, 5.74) is 1.97. The van der Waals surface area contributed by atoms with Gasteiger partial charge >= 0.3 is 0 Å². The summed E-state index contributed by atoms with van der Waals surface area (Å²) in [5, 5.41) is 1.82. The predicted molar refractivity (Wildman–Crippen MR) is 87.3 cm³/mol. The maximum absolute atomic E-state index is 6.05. The zero-order chi connectivity index (χ0) is 14.4. The third-order valence-corrected chi connectivity index (χ3v) is 5.07. The lowest BCUT2D eigenvalue weighted by Gasteiger charge is -2.22. The smallest absolute Gasteiger partial charge is 0.186 e. The van der Waals surface area contributed by atoms with Gasteiger partial charge in [0.1, 0.15) is 5.82 Å². The Balaban J connectivity index is 1.72. The lowest BCUT2D eigenvalue weighted by atomic mass is 10.2. The molecule has 1 unspecified atom stereocenters. The van der Waals surface area contributed by atoms with E-state index in [1.165, 1.54) is 11.3 Å². The van der Waals surface area contributed by atoms with Gasteiger partial charge in [0, 0.05) is 22.6 Å². The minimum atomic E-state index is 0.279. The van der Waals surface area contributed by atoms with Crippen LogP contribution in [0.5, 0.6) is 0 Å². The quantitative estimate of drug-likeness (QED) is 0.765. The van der Waals surface area contributed by atoms with E-state index >= 15 is 0 Å². The fraction of sp³-hybridized carbons (Fsp3) is 0.333. The standard InChI is InChI=1S/C15H15ClN4S/c1-9-8-17-15(21-9)20-6-2-3-13(20)14-18-11-5-4-10(16)7-12(11)19-14/h4-5,7-8,13H,2-3,6H2,1H3,(H,18,19). The summed E-state index contributed by atoms with van der Waals surface area (Å²) in [6.07, 6.45) is 4.21. The molecule has 1 aliphatic heterocycles. The van der Waals surface area contributed by atoms with Crippen LogP contribution in [0.15, 0.2) is 24.4 Å². The first-order chi connectivity index (χ1) is 10.2. The molecule has 2 aromatic heterocycles. The molecule has 21 heavy (non-hydrogen) atoms. The first-order valence-electron chi connectivity index (χ1n) is 7.05. The molecule has 4 nitrogen and oxygen atoms in total. The van der Waals surface area contributed by atoms with Crippen molar-refractivity contribution in [1.82, 2.24) is 15.0 Å². The maximum Gasteiger partial charge on any atom is 0.186 e. The number of nitrogens with zero attached hydrogens (tertiary/aromatic N) is 3. The van der Waals surface area contributed by atoms with E-state index in [0.29, 0.717) is 0 Å². The molecule has 1 aliphatic rings. The highest BCUT2D eigenvalue weighted by atomic mass is 35.5. The minimum absolute atomic E-state index is 0.279. The zero-order valence-electron chi connectivity index (χ0n) is 11.6. The SMILES string of the molecule is Cc1cnc(N2CCCC2c2nc3ccc(Cl)cc3[nH]2)s1. The number of imidazole rings is 1. The van der Waals surface area contributed by atoms with Crippen molar-refractivity contribution in [2.24, 2.45) is 0 Å². The van der Waals surface area contributed by atoms with Gasteiger partial charge in [0.15, 0.2) is 5.13 Å². The van der Waals surface area contributed by atoms with Crippen molar-refractivity contribution in [2.75, 3.05) is 11.4 Å². The third-order valence-electron chi connectivity index (χ3n) is 3.89. The van der Waals surface area contributed by atoms with Gasteiger partial charge in [-0.1, -0.05) is 11.6 Å². The summed E-state index contributed by atoms with van der Waals surface area (Å²) < 4.78 is 0. The first-order valence-corrected chi connectivity index (χ1v) is 8.24. The van der Waals surface area contributed by atoms with E-state index < -0.39 is 0 Å². The Morgan fingerprint density at radius 2 is 2.33 bits per heavy atom. The summed E-state index contributed by atoms with van der Waals surface area (Å²) in [7, 11) is 0. The molecule has 0 radical (unpaired) electrons. The van der Waals surface area contributed by atoms with E-state index in [1.807, 2.05) is 24.4 Å². The Morgan fingerprint density at radius 1 is 1.43 bits per heavy atom. The Labute approximate surface area is 131 Å². The summed E-state index contributed by atoms with van der Waals surface area (Å²) in [6, 6.07) is 6.05. The highest BCUT2D eigenvalue weighted by Crippen LogP contribution is 2.37. The van der Waals surface area contributed by atoms with Crippen LogP contribution in [-0.2, 0) is 0 Å². The molecule has 1 fully saturated rings. The average molecular weight is 319 g/mol. The van der Waals surface area contributed by atoms with Crippen molar-refractivity contribution in [3.05, 3.63) is 40.1 Å². The summed E-state index contributed by atoms with van der Waals surface area (Å²) >= 11 is 7.79. The summed E-state index contributed by atoms with van der Waals surface area (Å²) in [4.78, 5) is 16.3. The molecule has 1 N–H and O–H groups in total. The number of H-pyrrole nitrogens is 1. The van der Waals surface area contributed by atoms with Crippen LogP contribution in [0.25, 0.3) is 11.0 Å². The molecule has 3 aromatic rings. The number of aryl methyl sites for hydroxylation is 1. The second-order valence-corrected chi connectivity index (χ2v) is 7.04. The fourth-order valence-electron chi connectivity index (χ4n) is 2.91. The van der Waals surface area contributed by atoms with Crippen LogP contribution < -0.4 is 4.90 Å². The third kappa shape index (κ3) is 2.30. The molecule has 6 heteroatoms. The highest BCUT2D eigenvalue weighted by Gasteiger charge is 2.30. The van der Waals surface area contributed by atoms with Crippen molar-refractivity contribution < 1.29 is 0 Å². The van der Waals surface area contributed by atoms with E-state index in [2.05, 4.69) is 21.8 Å². The molecular formula is C15H15ClN4S. The summed E-state index contributed by atoms with van der Waals surface area (Å²) in [6.45, 7) is 3.13. The Kier molecular flexibility index (Phi) is 3.12. The van der Waals surface area contributed by atoms with Gasteiger partial charge in [-0.15, -0.1) is 11.3 Å². The van der Waals surface area contributed by atoms with E-state index in [0.717, 1.165) is 40.0 Å². The van der Waals surface area contributed by atoms with Crippen LogP contribution in [-0.4, -0.2) is 21.5 Å². The molecule has 0 amide bonds. The number of rotatable bonds is 2. The number of aromatic amines is 1. The van der Waals surface area contributed by atoms with Gasteiger partial charge in [-0.3, -0.25) is 0 Å². The number of halogens is 1. The van der Waals surface area contributed by atoms with Gasteiger partial charge in [0.25, 0.3) is 0 Å². The molecule has 0 bridgehead atoms. The van der Waals surface area contributed by atoms with Gasteiger partial charge in [0.2, 0.25) is 0 Å². The molecule has 3 heterocycles. The number of benzene rings is 1. The molecule has 0 spiro atoms. The molecule has 4 rings (SSSR count). The molecule has 1 atom stereocenters. The van der Waals surface area contributed by atoms with Crippen LogP contribution in [0.4, 0.5) is 5.13 Å². The van der Waals surface area contributed by atoms with Crippen LogP contribution in [0.3, 0.4) is 0 Å². The molecule has 108 valence electrons. The second-order valence-electron chi connectivity index (χ2n) is 5.39. The molecule has 1 aromatic carbocycles. The van der Waals surface area contributed by atoms with Crippen LogP contribution in [0.1, 0.15) is 29.6 Å². The van der Waals surface area contributed by atoms with E-state index in [-0.39, 0.29) is 6.04 Å². The number of nitrogens with one attached hydrogen (secondary N) is 1. The van der Waals surface area contributed by atoms with Crippen LogP contribution in [0.2, 0.25) is 5.02 Å². The zero-order valence-corrected chi connectivity index (χ0v) is 13.2.